The first kappa shape index (κ1) is 31.0. The number of aryl methyl sites for hydroxylation is 1. The lowest BCUT2D eigenvalue weighted by molar-refractivity contribution is -0.141. The maximum atomic E-state index is 13.8. The largest absolute Gasteiger partial charge is 0.354 e. The van der Waals surface area contributed by atoms with Gasteiger partial charge in [-0.2, -0.15) is 0 Å². The Morgan fingerprint density at radius 3 is 2.15 bits per heavy atom. The molecule has 0 bridgehead atoms. The van der Waals surface area contributed by atoms with Crippen molar-refractivity contribution in [1.29, 1.82) is 0 Å². The highest BCUT2D eigenvalue weighted by molar-refractivity contribution is 7.89. The molecule has 0 unspecified atom stereocenters. The van der Waals surface area contributed by atoms with Crippen LogP contribution in [0.5, 0.6) is 0 Å². The fraction of sp³-hybridized carbons (Fsp3) is 0.355. The van der Waals surface area contributed by atoms with Gasteiger partial charge < -0.3 is 10.2 Å². The third kappa shape index (κ3) is 8.99. The molecule has 0 fully saturated rings. The van der Waals surface area contributed by atoms with E-state index in [0.29, 0.717) is 24.1 Å². The predicted octanol–water partition coefficient (Wildman–Crippen LogP) is 5.13. The first-order valence-corrected chi connectivity index (χ1v) is 15.2. The first-order valence-electron chi connectivity index (χ1n) is 13.7. The van der Waals surface area contributed by atoms with E-state index in [9.17, 15) is 22.4 Å². The van der Waals surface area contributed by atoms with Crippen LogP contribution >= 0.6 is 0 Å². The lowest BCUT2D eigenvalue weighted by Gasteiger charge is -2.32. The van der Waals surface area contributed by atoms with Gasteiger partial charge in [-0.1, -0.05) is 81.3 Å². The number of rotatable bonds is 15. The first-order chi connectivity index (χ1) is 19.2. The Bertz CT molecular complexity index is 1330. The lowest BCUT2D eigenvalue weighted by atomic mass is 10.0. The van der Waals surface area contributed by atoms with E-state index in [2.05, 4.69) is 17.0 Å². The molecule has 1 atom stereocenters. The Balaban J connectivity index is 1.86. The van der Waals surface area contributed by atoms with E-state index in [-0.39, 0.29) is 42.0 Å². The SMILES string of the molecule is CCCCCNC(=O)[C@H](c1ccccc1)N(Cc1ccc(F)cc1)C(=O)CCc1ccc(S(=O)(=O)NCC)cc1. The predicted molar refractivity (Wildman–Crippen MR) is 154 cm³/mol. The summed E-state index contributed by atoms with van der Waals surface area (Å²) in [6.07, 6.45) is 3.32. The topological polar surface area (TPSA) is 95.6 Å². The van der Waals surface area contributed by atoms with E-state index < -0.39 is 16.1 Å². The minimum Gasteiger partial charge on any atom is -0.354 e. The van der Waals surface area contributed by atoms with Crippen molar-refractivity contribution < 1.29 is 22.4 Å². The normalized spacial score (nSPS) is 12.1. The smallest absolute Gasteiger partial charge is 0.247 e. The van der Waals surface area contributed by atoms with Crippen LogP contribution < -0.4 is 10.0 Å². The lowest BCUT2D eigenvalue weighted by Crippen LogP contribution is -2.43. The van der Waals surface area contributed by atoms with Crippen LogP contribution in [0.3, 0.4) is 0 Å². The Morgan fingerprint density at radius 2 is 1.52 bits per heavy atom. The number of nitrogens with zero attached hydrogens (tertiary/aromatic N) is 1. The van der Waals surface area contributed by atoms with Crippen LogP contribution in [0.1, 0.15) is 62.3 Å². The average molecular weight is 568 g/mol. The summed E-state index contributed by atoms with van der Waals surface area (Å²) in [6, 6.07) is 20.6. The molecule has 40 heavy (non-hydrogen) atoms. The number of unbranched alkanes of at least 4 members (excludes halogenated alkanes) is 2. The van der Waals surface area contributed by atoms with E-state index >= 15 is 0 Å². The Morgan fingerprint density at radius 1 is 0.875 bits per heavy atom. The highest BCUT2D eigenvalue weighted by atomic mass is 32.2. The molecule has 7 nitrogen and oxygen atoms in total. The molecule has 2 amide bonds. The van der Waals surface area contributed by atoms with Gasteiger partial charge in [-0.3, -0.25) is 9.59 Å². The number of halogens is 1. The molecule has 0 spiro atoms. The van der Waals surface area contributed by atoms with Crippen molar-refractivity contribution >= 4 is 21.8 Å². The van der Waals surface area contributed by atoms with Gasteiger partial charge >= 0.3 is 0 Å². The molecule has 0 saturated heterocycles. The second-order valence-electron chi connectivity index (χ2n) is 9.60. The van der Waals surface area contributed by atoms with Crippen molar-refractivity contribution in [2.75, 3.05) is 13.1 Å². The number of amides is 2. The summed E-state index contributed by atoms with van der Waals surface area (Å²) >= 11 is 0. The second kappa shape index (κ2) is 15.3. The molecule has 214 valence electrons. The van der Waals surface area contributed by atoms with Gasteiger partial charge in [0, 0.05) is 26.1 Å². The molecule has 3 aromatic rings. The highest BCUT2D eigenvalue weighted by Crippen LogP contribution is 2.25. The van der Waals surface area contributed by atoms with Gasteiger partial charge in [-0.25, -0.2) is 17.5 Å². The van der Waals surface area contributed by atoms with E-state index in [0.717, 1.165) is 24.8 Å². The van der Waals surface area contributed by atoms with Gasteiger partial charge in [0.15, 0.2) is 0 Å². The molecule has 3 aromatic carbocycles. The van der Waals surface area contributed by atoms with Crippen LogP contribution in [0.25, 0.3) is 0 Å². The standard InChI is InChI=1S/C31H38FN3O4S/c1-3-5-9-22-33-31(37)30(26-10-7-6-8-11-26)35(23-25-12-17-27(32)18-13-25)29(36)21-16-24-14-19-28(20-15-24)40(38,39)34-4-2/h6-8,10-15,17-20,30,34H,3-5,9,16,21-23H2,1-2H3,(H,33,37)/t30-/m0/s1. The Hall–Kier alpha value is -3.56. The molecule has 0 aliphatic rings. The minimum atomic E-state index is -3.57. The maximum absolute atomic E-state index is 13.8. The molecule has 9 heteroatoms. The van der Waals surface area contributed by atoms with Gasteiger partial charge in [0.25, 0.3) is 0 Å². The van der Waals surface area contributed by atoms with E-state index in [1.165, 1.54) is 24.3 Å². The summed E-state index contributed by atoms with van der Waals surface area (Å²) in [4.78, 5) is 29.0. The van der Waals surface area contributed by atoms with Crippen molar-refractivity contribution in [2.45, 2.75) is 63.4 Å². The summed E-state index contributed by atoms with van der Waals surface area (Å²) < 4.78 is 40.6. The summed E-state index contributed by atoms with van der Waals surface area (Å²) in [7, 11) is -3.57. The van der Waals surface area contributed by atoms with Crippen LogP contribution in [-0.4, -0.2) is 38.2 Å². The minimum absolute atomic E-state index is 0.104. The zero-order valence-corrected chi connectivity index (χ0v) is 23.9. The highest BCUT2D eigenvalue weighted by Gasteiger charge is 2.31. The number of nitrogens with one attached hydrogen (secondary N) is 2. The van der Waals surface area contributed by atoms with E-state index in [1.807, 2.05) is 30.3 Å². The average Bonchev–Trinajstić information content (AvgIpc) is 2.95. The monoisotopic (exact) mass is 567 g/mol. The van der Waals surface area contributed by atoms with Crippen molar-refractivity contribution in [3.63, 3.8) is 0 Å². The van der Waals surface area contributed by atoms with Gasteiger partial charge in [-0.15, -0.1) is 0 Å². The van der Waals surface area contributed by atoms with Crippen molar-refractivity contribution in [2.24, 2.45) is 0 Å². The van der Waals surface area contributed by atoms with Gasteiger partial charge in [0.2, 0.25) is 21.8 Å². The molecule has 3 rings (SSSR count). The fourth-order valence-corrected chi connectivity index (χ4v) is 5.45. The molecular formula is C31H38FN3O4S. The summed E-state index contributed by atoms with van der Waals surface area (Å²) in [5, 5.41) is 3.00. The number of carbonyl (C=O) groups excluding carboxylic acids is 2. The van der Waals surface area contributed by atoms with Crippen molar-refractivity contribution in [3.05, 3.63) is 101 Å². The van der Waals surface area contributed by atoms with E-state index in [4.69, 9.17) is 0 Å². The molecule has 2 N–H and O–H groups in total. The fourth-order valence-electron chi connectivity index (χ4n) is 4.40. The van der Waals surface area contributed by atoms with E-state index in [1.54, 1.807) is 36.1 Å². The van der Waals surface area contributed by atoms with Gasteiger partial charge in [0.05, 0.1) is 4.90 Å². The Kier molecular flexibility index (Phi) is 11.8. The molecule has 0 heterocycles. The zero-order valence-electron chi connectivity index (χ0n) is 23.1. The number of sulfonamides is 1. The molecular weight excluding hydrogens is 529 g/mol. The third-order valence-corrected chi connectivity index (χ3v) is 8.10. The van der Waals surface area contributed by atoms with Crippen LogP contribution in [-0.2, 0) is 32.6 Å². The van der Waals surface area contributed by atoms with Crippen LogP contribution in [0.4, 0.5) is 4.39 Å². The molecule has 0 aromatic heterocycles. The Labute approximate surface area is 236 Å². The number of carbonyl (C=O) groups is 2. The second-order valence-corrected chi connectivity index (χ2v) is 11.4. The third-order valence-electron chi connectivity index (χ3n) is 6.54. The maximum Gasteiger partial charge on any atom is 0.247 e. The van der Waals surface area contributed by atoms with Crippen LogP contribution in [0.15, 0.2) is 83.8 Å². The number of hydrogen-bond donors (Lipinski definition) is 2. The summed E-state index contributed by atoms with van der Waals surface area (Å²) in [6.45, 7) is 4.73. The summed E-state index contributed by atoms with van der Waals surface area (Å²) in [5.41, 5.74) is 2.18. The van der Waals surface area contributed by atoms with Gasteiger partial charge in [-0.05, 0) is 53.8 Å². The van der Waals surface area contributed by atoms with Crippen LogP contribution in [0.2, 0.25) is 0 Å². The number of hydrogen-bond acceptors (Lipinski definition) is 4. The van der Waals surface area contributed by atoms with Gasteiger partial charge in [0.1, 0.15) is 11.9 Å². The molecule has 0 aliphatic carbocycles. The number of benzene rings is 3. The molecule has 0 saturated carbocycles. The quantitative estimate of drug-likeness (QED) is 0.249. The zero-order chi connectivity index (χ0) is 29.0. The van der Waals surface area contributed by atoms with Crippen molar-refractivity contribution in [3.8, 4) is 0 Å². The van der Waals surface area contributed by atoms with Crippen molar-refractivity contribution in [1.82, 2.24) is 14.9 Å². The summed E-state index contributed by atoms with van der Waals surface area (Å²) in [5.74, 6) is -0.892. The molecule has 0 radical (unpaired) electrons. The van der Waals surface area contributed by atoms with Crippen LogP contribution in [0, 0.1) is 5.82 Å². The molecule has 0 aliphatic heterocycles.